The number of thiophene rings is 1. The fraction of sp³-hybridized carbons (Fsp3) is 0.250. The predicted octanol–water partition coefficient (Wildman–Crippen LogP) is 4.20. The highest BCUT2D eigenvalue weighted by Gasteiger charge is 2.26. The van der Waals surface area contributed by atoms with Crippen LogP contribution < -0.4 is 10.2 Å². The van der Waals surface area contributed by atoms with Crippen LogP contribution in [0, 0.1) is 11.7 Å². The fourth-order valence-electron chi connectivity index (χ4n) is 3.20. The van der Waals surface area contributed by atoms with Gasteiger partial charge >= 0.3 is 0 Å². The van der Waals surface area contributed by atoms with Crippen molar-refractivity contribution in [2.24, 2.45) is 5.92 Å². The maximum atomic E-state index is 13.0. The van der Waals surface area contributed by atoms with Crippen LogP contribution in [0.3, 0.4) is 0 Å². The third-order valence-electron chi connectivity index (χ3n) is 4.73. The fourth-order valence-corrected chi connectivity index (χ4v) is 3.89. The third-order valence-corrected chi connectivity index (χ3v) is 5.62. The number of halogens is 1. The lowest BCUT2D eigenvalue weighted by molar-refractivity contribution is -0.120. The maximum Gasteiger partial charge on any atom is 0.227 e. The Morgan fingerprint density at radius 1 is 1.07 bits per heavy atom. The van der Waals surface area contributed by atoms with Crippen molar-refractivity contribution >= 4 is 28.7 Å². The van der Waals surface area contributed by atoms with Crippen LogP contribution in [0.4, 0.5) is 15.9 Å². The SMILES string of the molecule is O=C(Nc1ccc(F)cc1)C1CCN(c2ccc(-c3cccs3)nn2)CC1. The number of nitrogens with one attached hydrogen (secondary N) is 1. The Morgan fingerprint density at radius 3 is 2.48 bits per heavy atom. The molecule has 1 aliphatic rings. The van der Waals surface area contributed by atoms with Crippen molar-refractivity contribution in [3.8, 4) is 10.6 Å². The minimum absolute atomic E-state index is 0.0135. The summed E-state index contributed by atoms with van der Waals surface area (Å²) in [4.78, 5) is 15.7. The summed E-state index contributed by atoms with van der Waals surface area (Å²) in [5.41, 5.74) is 1.50. The lowest BCUT2D eigenvalue weighted by atomic mass is 9.96. The van der Waals surface area contributed by atoms with Gasteiger partial charge in [-0.15, -0.1) is 21.5 Å². The van der Waals surface area contributed by atoms with Crippen LogP contribution >= 0.6 is 11.3 Å². The van der Waals surface area contributed by atoms with Gasteiger partial charge in [-0.3, -0.25) is 4.79 Å². The van der Waals surface area contributed by atoms with Gasteiger partial charge in [-0.2, -0.15) is 0 Å². The lowest BCUT2D eigenvalue weighted by Gasteiger charge is -2.31. The van der Waals surface area contributed by atoms with Crippen LogP contribution in [0.1, 0.15) is 12.8 Å². The van der Waals surface area contributed by atoms with E-state index in [1.54, 1.807) is 23.5 Å². The smallest absolute Gasteiger partial charge is 0.227 e. The average molecular weight is 382 g/mol. The second-order valence-electron chi connectivity index (χ2n) is 6.51. The number of hydrogen-bond acceptors (Lipinski definition) is 5. The monoisotopic (exact) mass is 382 g/mol. The average Bonchev–Trinajstić information content (AvgIpc) is 3.25. The lowest BCUT2D eigenvalue weighted by Crippen LogP contribution is -2.38. The van der Waals surface area contributed by atoms with Gasteiger partial charge in [-0.25, -0.2) is 4.39 Å². The normalized spacial score (nSPS) is 14.9. The molecule has 1 fully saturated rings. The molecule has 0 spiro atoms. The second kappa shape index (κ2) is 7.84. The molecule has 0 bridgehead atoms. The first-order chi connectivity index (χ1) is 13.2. The number of carbonyl (C=O) groups excluding carboxylic acids is 1. The molecular weight excluding hydrogens is 363 g/mol. The molecule has 138 valence electrons. The molecule has 1 aromatic carbocycles. The molecule has 5 nitrogen and oxygen atoms in total. The van der Waals surface area contributed by atoms with Gasteiger partial charge in [0, 0.05) is 24.7 Å². The van der Waals surface area contributed by atoms with Gasteiger partial charge in [-0.1, -0.05) is 6.07 Å². The molecule has 3 heterocycles. The Bertz CT molecular complexity index is 889. The Kier molecular flexibility index (Phi) is 5.11. The van der Waals surface area contributed by atoms with Crippen LogP contribution in [0.15, 0.2) is 53.9 Å². The number of aromatic nitrogens is 2. The number of hydrogen-bond donors (Lipinski definition) is 1. The van der Waals surface area contributed by atoms with Gasteiger partial charge in [0.1, 0.15) is 11.5 Å². The van der Waals surface area contributed by atoms with Gasteiger partial charge in [0.25, 0.3) is 0 Å². The number of benzene rings is 1. The van der Waals surface area contributed by atoms with E-state index in [2.05, 4.69) is 20.4 Å². The molecule has 1 N–H and O–H groups in total. The largest absolute Gasteiger partial charge is 0.355 e. The van der Waals surface area contributed by atoms with E-state index >= 15 is 0 Å². The first-order valence-corrected chi connectivity index (χ1v) is 9.76. The quantitative estimate of drug-likeness (QED) is 0.735. The molecule has 0 saturated carbocycles. The third kappa shape index (κ3) is 4.14. The summed E-state index contributed by atoms with van der Waals surface area (Å²) in [5.74, 6) is 0.463. The number of carbonyl (C=O) groups is 1. The van der Waals surface area contributed by atoms with Crippen molar-refractivity contribution in [2.45, 2.75) is 12.8 Å². The molecule has 1 saturated heterocycles. The summed E-state index contributed by atoms with van der Waals surface area (Å²) < 4.78 is 13.0. The molecule has 3 aromatic rings. The van der Waals surface area contributed by atoms with E-state index in [-0.39, 0.29) is 17.6 Å². The van der Waals surface area contributed by atoms with Gasteiger partial charge in [0.15, 0.2) is 5.82 Å². The first-order valence-electron chi connectivity index (χ1n) is 8.88. The molecule has 2 aromatic heterocycles. The van der Waals surface area contributed by atoms with Crippen LogP contribution in [0.25, 0.3) is 10.6 Å². The minimum atomic E-state index is -0.312. The zero-order valence-corrected chi connectivity index (χ0v) is 15.5. The summed E-state index contributed by atoms with van der Waals surface area (Å²) in [6.07, 6.45) is 1.50. The van der Waals surface area contributed by atoms with Crippen molar-refractivity contribution in [2.75, 3.05) is 23.3 Å². The minimum Gasteiger partial charge on any atom is -0.355 e. The molecule has 7 heteroatoms. The summed E-state index contributed by atoms with van der Waals surface area (Å²) in [5, 5.41) is 13.6. The van der Waals surface area contributed by atoms with E-state index in [9.17, 15) is 9.18 Å². The van der Waals surface area contributed by atoms with Gasteiger partial charge in [-0.05, 0) is 60.7 Å². The predicted molar refractivity (Wildman–Crippen MR) is 105 cm³/mol. The Balaban J connectivity index is 1.33. The molecule has 0 unspecified atom stereocenters. The van der Waals surface area contributed by atoms with Gasteiger partial charge in [0.05, 0.1) is 4.88 Å². The topological polar surface area (TPSA) is 58.1 Å². The van der Waals surface area contributed by atoms with Crippen LogP contribution in [0.2, 0.25) is 0 Å². The highest BCUT2D eigenvalue weighted by Crippen LogP contribution is 2.26. The summed E-state index contributed by atoms with van der Waals surface area (Å²) in [7, 11) is 0. The van der Waals surface area contributed by atoms with E-state index in [1.165, 1.54) is 12.1 Å². The Morgan fingerprint density at radius 2 is 1.85 bits per heavy atom. The molecule has 4 rings (SSSR count). The number of nitrogens with zero attached hydrogens (tertiary/aromatic N) is 3. The van der Waals surface area contributed by atoms with Crippen molar-refractivity contribution < 1.29 is 9.18 Å². The molecule has 0 aliphatic carbocycles. The maximum absolute atomic E-state index is 13.0. The van der Waals surface area contributed by atoms with Crippen molar-refractivity contribution in [3.05, 3.63) is 59.7 Å². The second-order valence-corrected chi connectivity index (χ2v) is 7.46. The van der Waals surface area contributed by atoms with E-state index in [4.69, 9.17) is 0 Å². The number of anilines is 2. The molecule has 1 amide bonds. The number of amides is 1. The van der Waals surface area contributed by atoms with Gasteiger partial charge < -0.3 is 10.2 Å². The summed E-state index contributed by atoms with van der Waals surface area (Å²) in [6, 6.07) is 13.8. The van der Waals surface area contributed by atoms with Crippen LogP contribution in [0.5, 0.6) is 0 Å². The molecule has 27 heavy (non-hydrogen) atoms. The van der Waals surface area contributed by atoms with E-state index in [0.717, 1.165) is 42.3 Å². The number of rotatable bonds is 4. The first kappa shape index (κ1) is 17.6. The summed E-state index contributed by atoms with van der Waals surface area (Å²) in [6.45, 7) is 1.52. The van der Waals surface area contributed by atoms with E-state index in [0.29, 0.717) is 5.69 Å². The zero-order valence-electron chi connectivity index (χ0n) is 14.6. The van der Waals surface area contributed by atoms with E-state index in [1.807, 2.05) is 29.6 Å². The zero-order chi connectivity index (χ0) is 18.6. The summed E-state index contributed by atoms with van der Waals surface area (Å²) >= 11 is 1.64. The molecule has 0 atom stereocenters. The van der Waals surface area contributed by atoms with E-state index < -0.39 is 0 Å². The van der Waals surface area contributed by atoms with Crippen molar-refractivity contribution in [3.63, 3.8) is 0 Å². The molecule has 0 radical (unpaired) electrons. The molecule has 1 aliphatic heterocycles. The standard InChI is InChI=1S/C20H19FN4OS/c21-15-3-5-16(6-4-15)22-20(26)14-9-11-25(12-10-14)19-8-7-17(23-24-19)18-2-1-13-27-18/h1-8,13-14H,9-12H2,(H,22,26). The van der Waals surface area contributed by atoms with Crippen molar-refractivity contribution in [1.29, 1.82) is 0 Å². The highest BCUT2D eigenvalue weighted by atomic mass is 32.1. The Labute approximate surface area is 160 Å². The Hall–Kier alpha value is -2.80. The van der Waals surface area contributed by atoms with Crippen LogP contribution in [-0.4, -0.2) is 29.2 Å². The van der Waals surface area contributed by atoms with Crippen LogP contribution in [-0.2, 0) is 4.79 Å². The molecular formula is C20H19FN4OS. The van der Waals surface area contributed by atoms with Crippen molar-refractivity contribution in [1.82, 2.24) is 10.2 Å². The number of piperidine rings is 1. The highest BCUT2D eigenvalue weighted by molar-refractivity contribution is 7.13. The van der Waals surface area contributed by atoms with Gasteiger partial charge in [0.2, 0.25) is 5.91 Å².